The second-order valence-electron chi connectivity index (χ2n) is 3.57. The minimum atomic E-state index is -4.31. The monoisotopic (exact) mass is 226 g/mol. The summed E-state index contributed by atoms with van der Waals surface area (Å²) in [7, 11) is 0. The predicted octanol–water partition coefficient (Wildman–Crippen LogP) is 3.40. The summed E-state index contributed by atoms with van der Waals surface area (Å²) in [5.41, 5.74) is 1.10. The van der Waals surface area contributed by atoms with Gasteiger partial charge in [-0.1, -0.05) is 6.07 Å². The maximum atomic E-state index is 12.6. The molecule has 0 spiro atoms. The van der Waals surface area contributed by atoms with E-state index in [2.05, 4.69) is 10.2 Å². The number of alkyl halides is 3. The SMILES string of the molecule is Cc1cc(-c2cn[nH]c2)cc(C(F)(F)F)c1. The van der Waals surface area contributed by atoms with Crippen LogP contribution in [0, 0.1) is 6.92 Å². The van der Waals surface area contributed by atoms with Gasteiger partial charge in [-0.2, -0.15) is 18.3 Å². The maximum Gasteiger partial charge on any atom is 0.416 e. The van der Waals surface area contributed by atoms with Crippen LogP contribution in [0.4, 0.5) is 13.2 Å². The average Bonchev–Trinajstić information content (AvgIpc) is 2.68. The molecule has 0 saturated heterocycles. The van der Waals surface area contributed by atoms with Crippen LogP contribution in [0.15, 0.2) is 30.6 Å². The van der Waals surface area contributed by atoms with Gasteiger partial charge in [-0.05, 0) is 30.2 Å². The van der Waals surface area contributed by atoms with Crippen molar-refractivity contribution in [2.45, 2.75) is 13.1 Å². The Hall–Kier alpha value is -1.78. The number of nitrogens with one attached hydrogen (secondary N) is 1. The van der Waals surface area contributed by atoms with Gasteiger partial charge in [0.2, 0.25) is 0 Å². The summed E-state index contributed by atoms with van der Waals surface area (Å²) >= 11 is 0. The molecular weight excluding hydrogens is 217 g/mol. The van der Waals surface area contributed by atoms with Gasteiger partial charge < -0.3 is 0 Å². The quantitative estimate of drug-likeness (QED) is 0.793. The lowest BCUT2D eigenvalue weighted by Gasteiger charge is -2.09. The van der Waals surface area contributed by atoms with E-state index in [4.69, 9.17) is 0 Å². The summed E-state index contributed by atoms with van der Waals surface area (Å²) < 4.78 is 37.7. The highest BCUT2D eigenvalue weighted by atomic mass is 19.4. The van der Waals surface area contributed by atoms with E-state index in [1.807, 2.05) is 0 Å². The van der Waals surface area contributed by atoms with Crippen molar-refractivity contribution in [2.24, 2.45) is 0 Å². The van der Waals surface area contributed by atoms with Gasteiger partial charge in [0, 0.05) is 11.8 Å². The third-order valence-electron chi connectivity index (χ3n) is 2.24. The van der Waals surface area contributed by atoms with E-state index in [-0.39, 0.29) is 0 Å². The lowest BCUT2D eigenvalue weighted by atomic mass is 10.0. The van der Waals surface area contributed by atoms with E-state index < -0.39 is 11.7 Å². The minimum Gasteiger partial charge on any atom is -0.285 e. The number of nitrogens with zero attached hydrogens (tertiary/aromatic N) is 1. The van der Waals surface area contributed by atoms with Crippen LogP contribution >= 0.6 is 0 Å². The molecule has 16 heavy (non-hydrogen) atoms. The van der Waals surface area contributed by atoms with E-state index in [1.54, 1.807) is 19.2 Å². The molecule has 84 valence electrons. The van der Waals surface area contributed by atoms with Crippen molar-refractivity contribution in [1.82, 2.24) is 10.2 Å². The number of benzene rings is 1. The van der Waals surface area contributed by atoms with Crippen LogP contribution in [0.1, 0.15) is 11.1 Å². The van der Waals surface area contributed by atoms with Crippen molar-refractivity contribution in [2.75, 3.05) is 0 Å². The van der Waals surface area contributed by atoms with Gasteiger partial charge in [0.15, 0.2) is 0 Å². The summed E-state index contributed by atoms with van der Waals surface area (Å²) in [5, 5.41) is 6.29. The summed E-state index contributed by atoms with van der Waals surface area (Å²) in [6.45, 7) is 1.64. The van der Waals surface area contributed by atoms with Gasteiger partial charge >= 0.3 is 6.18 Å². The first kappa shape index (κ1) is 10.7. The zero-order chi connectivity index (χ0) is 11.8. The highest BCUT2D eigenvalue weighted by Crippen LogP contribution is 2.32. The Morgan fingerprint density at radius 1 is 1.12 bits per heavy atom. The molecule has 1 heterocycles. The van der Waals surface area contributed by atoms with Crippen molar-refractivity contribution < 1.29 is 13.2 Å². The van der Waals surface area contributed by atoms with Crippen LogP contribution in [0.3, 0.4) is 0 Å². The van der Waals surface area contributed by atoms with Crippen LogP contribution in [-0.2, 0) is 6.18 Å². The standard InChI is InChI=1S/C11H9F3N2/c1-7-2-8(9-5-15-16-6-9)4-10(3-7)11(12,13)14/h2-6H,1H3,(H,15,16). The average molecular weight is 226 g/mol. The molecule has 0 radical (unpaired) electrons. The van der Waals surface area contributed by atoms with Crippen LogP contribution in [0.2, 0.25) is 0 Å². The Morgan fingerprint density at radius 2 is 1.88 bits per heavy atom. The molecule has 0 bridgehead atoms. The molecule has 2 rings (SSSR count). The molecule has 0 saturated carbocycles. The third-order valence-corrected chi connectivity index (χ3v) is 2.24. The molecule has 0 unspecified atom stereocenters. The fourth-order valence-corrected chi connectivity index (χ4v) is 1.52. The number of hydrogen-bond acceptors (Lipinski definition) is 1. The Morgan fingerprint density at radius 3 is 2.44 bits per heavy atom. The number of halogens is 3. The molecule has 0 aliphatic heterocycles. The second kappa shape index (κ2) is 3.66. The van der Waals surface area contributed by atoms with E-state index in [0.29, 0.717) is 16.7 Å². The molecule has 1 N–H and O–H groups in total. The molecule has 0 amide bonds. The van der Waals surface area contributed by atoms with Crippen LogP contribution < -0.4 is 0 Å². The number of aryl methyl sites for hydroxylation is 1. The Labute approximate surface area is 90.1 Å². The van der Waals surface area contributed by atoms with Gasteiger partial charge in [-0.25, -0.2) is 0 Å². The Bertz CT molecular complexity index is 486. The molecule has 1 aromatic heterocycles. The predicted molar refractivity (Wildman–Crippen MR) is 53.8 cm³/mol. The molecule has 0 fully saturated rings. The van der Waals surface area contributed by atoms with Crippen molar-refractivity contribution >= 4 is 0 Å². The third kappa shape index (κ3) is 2.08. The van der Waals surface area contributed by atoms with Gasteiger partial charge in [-0.3, -0.25) is 5.10 Å². The topological polar surface area (TPSA) is 28.7 Å². The zero-order valence-electron chi connectivity index (χ0n) is 8.47. The van der Waals surface area contributed by atoms with E-state index in [1.165, 1.54) is 6.20 Å². The second-order valence-corrected chi connectivity index (χ2v) is 3.57. The van der Waals surface area contributed by atoms with Crippen LogP contribution in [-0.4, -0.2) is 10.2 Å². The highest BCUT2D eigenvalue weighted by Gasteiger charge is 2.30. The number of rotatable bonds is 1. The highest BCUT2D eigenvalue weighted by molar-refractivity contribution is 5.63. The van der Waals surface area contributed by atoms with Gasteiger partial charge in [0.1, 0.15) is 0 Å². The number of aromatic nitrogens is 2. The first-order chi connectivity index (χ1) is 7.47. The number of H-pyrrole nitrogens is 1. The van der Waals surface area contributed by atoms with E-state index >= 15 is 0 Å². The Kier molecular flexibility index (Phi) is 2.46. The van der Waals surface area contributed by atoms with Gasteiger partial charge in [0.05, 0.1) is 11.8 Å². The molecule has 2 aromatic rings. The first-order valence-electron chi connectivity index (χ1n) is 4.65. The normalized spacial score (nSPS) is 11.8. The van der Waals surface area contributed by atoms with Crippen LogP contribution in [0.5, 0.6) is 0 Å². The van der Waals surface area contributed by atoms with Crippen molar-refractivity contribution in [3.8, 4) is 11.1 Å². The molecule has 0 aliphatic carbocycles. The van der Waals surface area contributed by atoms with Crippen molar-refractivity contribution in [3.05, 3.63) is 41.7 Å². The summed E-state index contributed by atoms with van der Waals surface area (Å²) in [6.07, 6.45) is -1.26. The smallest absolute Gasteiger partial charge is 0.285 e. The lowest BCUT2D eigenvalue weighted by molar-refractivity contribution is -0.137. The number of hydrogen-bond donors (Lipinski definition) is 1. The lowest BCUT2D eigenvalue weighted by Crippen LogP contribution is -2.05. The fourth-order valence-electron chi connectivity index (χ4n) is 1.52. The maximum absolute atomic E-state index is 12.6. The summed E-state index contributed by atoms with van der Waals surface area (Å²) in [6, 6.07) is 3.95. The molecule has 5 heteroatoms. The Balaban J connectivity index is 2.53. The summed E-state index contributed by atoms with van der Waals surface area (Å²) in [5.74, 6) is 0. The number of aromatic amines is 1. The molecule has 1 aromatic carbocycles. The molecule has 0 aliphatic rings. The molecule has 0 atom stereocenters. The molecular formula is C11H9F3N2. The first-order valence-corrected chi connectivity index (χ1v) is 4.65. The largest absolute Gasteiger partial charge is 0.416 e. The summed E-state index contributed by atoms with van der Waals surface area (Å²) in [4.78, 5) is 0. The van der Waals surface area contributed by atoms with E-state index in [9.17, 15) is 13.2 Å². The zero-order valence-corrected chi connectivity index (χ0v) is 8.47. The molecule has 2 nitrogen and oxygen atoms in total. The van der Waals surface area contributed by atoms with Crippen molar-refractivity contribution in [3.63, 3.8) is 0 Å². The van der Waals surface area contributed by atoms with Crippen molar-refractivity contribution in [1.29, 1.82) is 0 Å². The van der Waals surface area contributed by atoms with Crippen LogP contribution in [0.25, 0.3) is 11.1 Å². The van der Waals surface area contributed by atoms with Gasteiger partial charge in [-0.15, -0.1) is 0 Å². The minimum absolute atomic E-state index is 0.515. The van der Waals surface area contributed by atoms with Gasteiger partial charge in [0.25, 0.3) is 0 Å². The van der Waals surface area contributed by atoms with E-state index in [0.717, 1.165) is 12.1 Å². The fraction of sp³-hybridized carbons (Fsp3) is 0.182.